The maximum atomic E-state index is 12.3. The normalized spacial score (nSPS) is 10.6. The average Bonchev–Trinajstić information content (AvgIpc) is 3.28. The zero-order valence-electron chi connectivity index (χ0n) is 18.5. The lowest BCUT2D eigenvalue weighted by atomic mass is 10.1. The van der Waals surface area contributed by atoms with Crippen LogP contribution in [-0.4, -0.2) is 55.1 Å². The van der Waals surface area contributed by atoms with Gasteiger partial charge >= 0.3 is 5.97 Å². The van der Waals surface area contributed by atoms with Gasteiger partial charge in [0, 0.05) is 24.3 Å². The molecule has 3 rings (SSSR count). The van der Waals surface area contributed by atoms with E-state index >= 15 is 0 Å². The number of hydrogen-bond acceptors (Lipinski definition) is 6. The number of carbonyl (C=O) groups excluding carboxylic acids is 2. The molecule has 0 fully saturated rings. The van der Waals surface area contributed by atoms with E-state index in [9.17, 15) is 9.59 Å². The van der Waals surface area contributed by atoms with Gasteiger partial charge in [-0.15, -0.1) is 0 Å². The summed E-state index contributed by atoms with van der Waals surface area (Å²) in [5.74, 6) is 0.00430. The largest absolute Gasteiger partial charge is 0.497 e. The molecule has 0 aliphatic rings. The molecular weight excluding hydrogens is 410 g/mol. The predicted molar refractivity (Wildman–Crippen MR) is 120 cm³/mol. The van der Waals surface area contributed by atoms with Gasteiger partial charge in [0.1, 0.15) is 5.75 Å². The van der Waals surface area contributed by atoms with Crippen LogP contribution in [0.5, 0.6) is 5.75 Å². The summed E-state index contributed by atoms with van der Waals surface area (Å²) in [7, 11) is 1.60. The van der Waals surface area contributed by atoms with E-state index in [1.807, 2.05) is 31.2 Å². The fourth-order valence-electron chi connectivity index (χ4n) is 3.11. The van der Waals surface area contributed by atoms with Crippen LogP contribution in [0.15, 0.2) is 54.6 Å². The van der Waals surface area contributed by atoms with Crippen LogP contribution in [0.1, 0.15) is 34.7 Å². The lowest BCUT2D eigenvalue weighted by molar-refractivity contribution is 0.0518. The molecule has 0 saturated carbocycles. The van der Waals surface area contributed by atoms with Gasteiger partial charge in [-0.25, -0.2) is 9.48 Å². The molecule has 0 bridgehead atoms. The van der Waals surface area contributed by atoms with Crippen molar-refractivity contribution >= 4 is 11.9 Å². The summed E-state index contributed by atoms with van der Waals surface area (Å²) in [6.07, 6.45) is 0. The van der Waals surface area contributed by atoms with E-state index in [0.29, 0.717) is 42.5 Å². The third kappa shape index (κ3) is 5.53. The SMILES string of the molecule is CCOCCNC(=O)c1ccc(-n2nc(C(=O)OCC)cc2-c2cccc(OC)c2)cc1. The molecule has 8 nitrogen and oxygen atoms in total. The van der Waals surface area contributed by atoms with Crippen LogP contribution in [0.4, 0.5) is 0 Å². The Balaban J connectivity index is 1.91. The summed E-state index contributed by atoms with van der Waals surface area (Å²) in [5, 5.41) is 7.27. The van der Waals surface area contributed by atoms with E-state index in [0.717, 1.165) is 5.56 Å². The Labute approximate surface area is 187 Å². The van der Waals surface area contributed by atoms with Crippen LogP contribution in [0, 0.1) is 0 Å². The first kappa shape index (κ1) is 23.0. The Morgan fingerprint density at radius 2 is 1.81 bits per heavy atom. The van der Waals surface area contributed by atoms with Crippen molar-refractivity contribution in [3.8, 4) is 22.7 Å². The van der Waals surface area contributed by atoms with Crippen LogP contribution in [-0.2, 0) is 9.47 Å². The van der Waals surface area contributed by atoms with Crippen LogP contribution in [0.25, 0.3) is 16.9 Å². The molecule has 0 spiro atoms. The number of nitrogens with one attached hydrogen (secondary N) is 1. The molecule has 168 valence electrons. The van der Waals surface area contributed by atoms with Gasteiger partial charge in [0.05, 0.1) is 31.7 Å². The molecule has 1 aromatic heterocycles. The van der Waals surface area contributed by atoms with Gasteiger partial charge in [0.15, 0.2) is 5.69 Å². The first-order chi connectivity index (χ1) is 15.6. The van der Waals surface area contributed by atoms with Crippen molar-refractivity contribution in [1.29, 1.82) is 0 Å². The molecule has 1 N–H and O–H groups in total. The number of esters is 1. The second-order valence-electron chi connectivity index (χ2n) is 6.78. The van der Waals surface area contributed by atoms with Gasteiger partial charge in [-0.2, -0.15) is 5.10 Å². The molecule has 0 unspecified atom stereocenters. The number of aromatic nitrogens is 2. The van der Waals surface area contributed by atoms with Gasteiger partial charge in [0.25, 0.3) is 5.91 Å². The molecule has 0 radical (unpaired) electrons. The highest BCUT2D eigenvalue weighted by molar-refractivity contribution is 5.94. The maximum Gasteiger partial charge on any atom is 0.358 e. The van der Waals surface area contributed by atoms with Crippen molar-refractivity contribution in [2.45, 2.75) is 13.8 Å². The molecule has 1 amide bonds. The van der Waals surface area contributed by atoms with Crippen LogP contribution < -0.4 is 10.1 Å². The molecule has 3 aromatic rings. The molecule has 1 heterocycles. The second kappa shape index (κ2) is 11.1. The van der Waals surface area contributed by atoms with E-state index in [4.69, 9.17) is 14.2 Å². The lowest BCUT2D eigenvalue weighted by Crippen LogP contribution is -2.27. The van der Waals surface area contributed by atoms with Crippen molar-refractivity contribution < 1.29 is 23.8 Å². The first-order valence-corrected chi connectivity index (χ1v) is 10.4. The second-order valence-corrected chi connectivity index (χ2v) is 6.78. The standard InChI is InChI=1S/C24H27N3O5/c1-4-31-14-13-25-23(28)17-9-11-19(12-10-17)27-22(16-21(26-27)24(29)32-5-2)18-7-6-8-20(15-18)30-3/h6-12,15-16H,4-5,13-14H2,1-3H3,(H,25,28). The summed E-state index contributed by atoms with van der Waals surface area (Å²) in [6, 6.07) is 16.2. The van der Waals surface area contributed by atoms with Crippen molar-refractivity contribution in [1.82, 2.24) is 15.1 Å². The highest BCUT2D eigenvalue weighted by Crippen LogP contribution is 2.27. The van der Waals surface area contributed by atoms with E-state index < -0.39 is 5.97 Å². The summed E-state index contributed by atoms with van der Waals surface area (Å²) in [6.45, 7) is 5.43. The van der Waals surface area contributed by atoms with E-state index in [1.54, 1.807) is 49.0 Å². The van der Waals surface area contributed by atoms with Crippen LogP contribution in [0.3, 0.4) is 0 Å². The Morgan fingerprint density at radius 1 is 1.03 bits per heavy atom. The van der Waals surface area contributed by atoms with Gasteiger partial charge in [-0.05, 0) is 56.3 Å². The molecule has 8 heteroatoms. The van der Waals surface area contributed by atoms with Gasteiger partial charge in [-0.3, -0.25) is 4.79 Å². The number of benzene rings is 2. The molecule has 32 heavy (non-hydrogen) atoms. The Bertz CT molecular complexity index is 1060. The first-order valence-electron chi connectivity index (χ1n) is 10.4. The minimum atomic E-state index is -0.499. The molecule has 0 saturated heterocycles. The van der Waals surface area contributed by atoms with Crippen molar-refractivity contribution in [2.24, 2.45) is 0 Å². The monoisotopic (exact) mass is 437 g/mol. The quantitative estimate of drug-likeness (QED) is 0.386. The molecule has 0 aliphatic heterocycles. The van der Waals surface area contributed by atoms with Crippen molar-refractivity contribution in [2.75, 3.05) is 33.5 Å². The Kier molecular flexibility index (Phi) is 7.99. The number of rotatable bonds is 10. The predicted octanol–water partition coefficient (Wildman–Crippen LogP) is 3.49. The van der Waals surface area contributed by atoms with Crippen LogP contribution in [0.2, 0.25) is 0 Å². The molecule has 0 aliphatic carbocycles. The fourth-order valence-corrected chi connectivity index (χ4v) is 3.11. The number of ether oxygens (including phenoxy) is 3. The molecule has 2 aromatic carbocycles. The fraction of sp³-hybridized carbons (Fsp3) is 0.292. The molecular formula is C24H27N3O5. The summed E-state index contributed by atoms with van der Waals surface area (Å²) < 4.78 is 17.3. The minimum absolute atomic E-state index is 0.183. The van der Waals surface area contributed by atoms with Gasteiger partial charge < -0.3 is 19.5 Å². The summed E-state index contributed by atoms with van der Waals surface area (Å²) in [5.41, 5.74) is 2.93. The van der Waals surface area contributed by atoms with Crippen molar-refractivity contribution in [3.05, 3.63) is 65.9 Å². The topological polar surface area (TPSA) is 91.7 Å². The highest BCUT2D eigenvalue weighted by atomic mass is 16.5. The van der Waals surface area contributed by atoms with Crippen LogP contribution >= 0.6 is 0 Å². The zero-order chi connectivity index (χ0) is 22.9. The smallest absolute Gasteiger partial charge is 0.358 e. The third-order valence-corrected chi connectivity index (χ3v) is 4.67. The number of nitrogens with zero attached hydrogens (tertiary/aromatic N) is 2. The Hall–Kier alpha value is -3.65. The number of amides is 1. The molecule has 0 atom stereocenters. The number of hydrogen-bond donors (Lipinski definition) is 1. The summed E-state index contributed by atoms with van der Waals surface area (Å²) in [4.78, 5) is 24.6. The summed E-state index contributed by atoms with van der Waals surface area (Å²) >= 11 is 0. The van der Waals surface area contributed by atoms with Gasteiger partial charge in [0.2, 0.25) is 0 Å². The minimum Gasteiger partial charge on any atom is -0.497 e. The van der Waals surface area contributed by atoms with E-state index in [1.165, 1.54) is 0 Å². The van der Waals surface area contributed by atoms with E-state index in [2.05, 4.69) is 10.4 Å². The maximum absolute atomic E-state index is 12.3. The van der Waals surface area contributed by atoms with Crippen molar-refractivity contribution in [3.63, 3.8) is 0 Å². The number of carbonyl (C=O) groups is 2. The lowest BCUT2D eigenvalue weighted by Gasteiger charge is -2.10. The average molecular weight is 437 g/mol. The van der Waals surface area contributed by atoms with Gasteiger partial charge in [-0.1, -0.05) is 12.1 Å². The third-order valence-electron chi connectivity index (χ3n) is 4.67. The van der Waals surface area contributed by atoms with E-state index in [-0.39, 0.29) is 18.2 Å². The number of methoxy groups -OCH3 is 1. The Morgan fingerprint density at radius 3 is 2.50 bits per heavy atom. The zero-order valence-corrected chi connectivity index (χ0v) is 18.5. The highest BCUT2D eigenvalue weighted by Gasteiger charge is 2.18.